The number of ketones is 1. The highest BCUT2D eigenvalue weighted by Crippen LogP contribution is 2.24. The molecule has 2 rings (SSSR count). The van der Waals surface area contributed by atoms with Crippen molar-refractivity contribution in [3.05, 3.63) is 42.0 Å². The summed E-state index contributed by atoms with van der Waals surface area (Å²) in [6.07, 6.45) is 0. The maximum Gasteiger partial charge on any atom is 0.136 e. The number of Topliss-reactive ketones (excluding diaryl/α,β-unsaturated/α-hetero) is 1. The Morgan fingerprint density at radius 2 is 1.76 bits per heavy atom. The third-order valence-electron chi connectivity index (χ3n) is 3.26. The van der Waals surface area contributed by atoms with Crippen molar-refractivity contribution < 1.29 is 4.79 Å². The smallest absolute Gasteiger partial charge is 0.136 e. The molecule has 17 heavy (non-hydrogen) atoms. The number of nitrogens with one attached hydrogen (secondary N) is 1. The summed E-state index contributed by atoms with van der Waals surface area (Å²) in [6, 6.07) is 12.4. The number of benzene rings is 2. The largest absolute Gasteiger partial charge is 0.388 e. The zero-order valence-electron chi connectivity index (χ0n) is 10.4. The molecule has 0 saturated carbocycles. The lowest BCUT2D eigenvalue weighted by Crippen LogP contribution is -2.03. The summed E-state index contributed by atoms with van der Waals surface area (Å²) >= 11 is 0. The van der Waals surface area contributed by atoms with Crippen LogP contribution in [0.3, 0.4) is 0 Å². The van der Waals surface area contributed by atoms with E-state index < -0.39 is 0 Å². The molecule has 88 valence electrons. The number of rotatable bonds is 3. The lowest BCUT2D eigenvalue weighted by molar-refractivity contribution is -0.118. The van der Waals surface area contributed by atoms with E-state index >= 15 is 0 Å². The molecule has 0 fully saturated rings. The van der Waals surface area contributed by atoms with Crippen molar-refractivity contribution in [2.24, 2.45) is 0 Å². The summed E-state index contributed by atoms with van der Waals surface area (Å²) in [5.74, 6) is 0.180. The minimum atomic E-state index is -0.0247. The van der Waals surface area contributed by atoms with Crippen molar-refractivity contribution in [3.63, 3.8) is 0 Å². The summed E-state index contributed by atoms with van der Waals surface area (Å²) in [4.78, 5) is 11.4. The Morgan fingerprint density at radius 1 is 1.12 bits per heavy atom. The highest BCUT2D eigenvalue weighted by molar-refractivity contribution is 5.89. The molecule has 0 aliphatic heterocycles. The van der Waals surface area contributed by atoms with Crippen molar-refractivity contribution in [2.75, 3.05) is 12.4 Å². The van der Waals surface area contributed by atoms with Crippen LogP contribution >= 0.6 is 0 Å². The zero-order chi connectivity index (χ0) is 12.4. The van der Waals surface area contributed by atoms with Crippen LogP contribution in [0.5, 0.6) is 0 Å². The van der Waals surface area contributed by atoms with Crippen LogP contribution in [0.2, 0.25) is 0 Å². The van der Waals surface area contributed by atoms with Gasteiger partial charge < -0.3 is 5.32 Å². The molecule has 0 aliphatic carbocycles. The van der Waals surface area contributed by atoms with Gasteiger partial charge in [-0.3, -0.25) is 4.79 Å². The zero-order valence-corrected chi connectivity index (χ0v) is 10.4. The minimum absolute atomic E-state index is 0.0247. The molecule has 0 aromatic heterocycles. The van der Waals surface area contributed by atoms with Crippen LogP contribution in [0.4, 0.5) is 5.69 Å². The van der Waals surface area contributed by atoms with Gasteiger partial charge in [0.1, 0.15) is 5.78 Å². The highest BCUT2D eigenvalue weighted by Gasteiger charge is 2.10. The summed E-state index contributed by atoms with van der Waals surface area (Å²) < 4.78 is 0. The summed E-state index contributed by atoms with van der Waals surface area (Å²) in [7, 11) is 1.91. The Labute approximate surface area is 102 Å². The van der Waals surface area contributed by atoms with Crippen LogP contribution in [0.25, 0.3) is 10.8 Å². The van der Waals surface area contributed by atoms with E-state index in [1.54, 1.807) is 6.92 Å². The molecule has 2 heteroatoms. The van der Waals surface area contributed by atoms with Gasteiger partial charge in [0.05, 0.1) is 0 Å². The first-order valence-electron chi connectivity index (χ1n) is 5.83. The Kier molecular flexibility index (Phi) is 3.14. The van der Waals surface area contributed by atoms with Gasteiger partial charge >= 0.3 is 0 Å². The van der Waals surface area contributed by atoms with Gasteiger partial charge in [0.25, 0.3) is 0 Å². The quantitative estimate of drug-likeness (QED) is 0.868. The average molecular weight is 227 g/mol. The van der Waals surface area contributed by atoms with Gasteiger partial charge in [0.15, 0.2) is 0 Å². The molecule has 0 bridgehead atoms. The van der Waals surface area contributed by atoms with E-state index in [0.717, 1.165) is 11.3 Å². The van der Waals surface area contributed by atoms with E-state index in [2.05, 4.69) is 29.6 Å². The maximum absolute atomic E-state index is 11.4. The lowest BCUT2D eigenvalue weighted by atomic mass is 9.95. The highest BCUT2D eigenvalue weighted by atomic mass is 16.1. The second-order valence-corrected chi connectivity index (χ2v) is 4.40. The first-order valence-corrected chi connectivity index (χ1v) is 5.83. The number of hydrogen-bond donors (Lipinski definition) is 1. The molecule has 1 N–H and O–H groups in total. The van der Waals surface area contributed by atoms with Gasteiger partial charge in [-0.1, -0.05) is 31.2 Å². The van der Waals surface area contributed by atoms with Crippen molar-refractivity contribution in [1.82, 2.24) is 0 Å². The average Bonchev–Trinajstić information content (AvgIpc) is 2.36. The predicted octanol–water partition coefficient (Wildman–Crippen LogP) is 3.57. The number of anilines is 1. The molecule has 0 aliphatic rings. The fourth-order valence-electron chi connectivity index (χ4n) is 1.92. The molecule has 0 amide bonds. The molecule has 0 spiro atoms. The van der Waals surface area contributed by atoms with E-state index in [1.807, 2.05) is 26.1 Å². The van der Waals surface area contributed by atoms with Crippen LogP contribution in [0.1, 0.15) is 25.3 Å². The van der Waals surface area contributed by atoms with E-state index in [-0.39, 0.29) is 11.7 Å². The Balaban J connectivity index is 2.48. The SMILES string of the molecule is CNc1ccc2cc([C@H](C)C(C)=O)ccc2c1. The van der Waals surface area contributed by atoms with Crippen molar-refractivity contribution in [3.8, 4) is 0 Å². The Morgan fingerprint density at radius 3 is 2.41 bits per heavy atom. The van der Waals surface area contributed by atoms with Crippen molar-refractivity contribution >= 4 is 22.2 Å². The van der Waals surface area contributed by atoms with Gasteiger partial charge in [-0.2, -0.15) is 0 Å². The molecule has 2 aromatic rings. The fourth-order valence-corrected chi connectivity index (χ4v) is 1.92. The van der Waals surface area contributed by atoms with Gasteiger partial charge in [-0.25, -0.2) is 0 Å². The van der Waals surface area contributed by atoms with Crippen LogP contribution < -0.4 is 5.32 Å². The fraction of sp³-hybridized carbons (Fsp3) is 0.267. The summed E-state index contributed by atoms with van der Waals surface area (Å²) in [6.45, 7) is 3.59. The van der Waals surface area contributed by atoms with Gasteiger partial charge in [-0.05, 0) is 35.4 Å². The monoisotopic (exact) mass is 227 g/mol. The third kappa shape index (κ3) is 2.31. The third-order valence-corrected chi connectivity index (χ3v) is 3.26. The second kappa shape index (κ2) is 4.58. The first kappa shape index (κ1) is 11.6. The molecule has 0 heterocycles. The Hall–Kier alpha value is -1.83. The van der Waals surface area contributed by atoms with E-state index in [9.17, 15) is 4.79 Å². The van der Waals surface area contributed by atoms with E-state index in [4.69, 9.17) is 0 Å². The number of carbonyl (C=O) groups is 1. The van der Waals surface area contributed by atoms with E-state index in [0.29, 0.717) is 0 Å². The molecular weight excluding hydrogens is 210 g/mol. The molecule has 2 nitrogen and oxygen atoms in total. The standard InChI is InChI=1S/C15H17NO/c1-10(11(2)17)12-4-5-14-9-15(16-3)7-6-13(14)8-12/h4-10,16H,1-3H3/t10-/m1/s1. The molecule has 2 aromatic carbocycles. The first-order chi connectivity index (χ1) is 8.11. The van der Waals surface area contributed by atoms with Crippen LogP contribution in [0.15, 0.2) is 36.4 Å². The van der Waals surface area contributed by atoms with Gasteiger partial charge in [-0.15, -0.1) is 0 Å². The van der Waals surface area contributed by atoms with E-state index in [1.165, 1.54) is 10.8 Å². The van der Waals surface area contributed by atoms with Crippen molar-refractivity contribution in [1.29, 1.82) is 0 Å². The topological polar surface area (TPSA) is 29.1 Å². The van der Waals surface area contributed by atoms with Gasteiger partial charge in [0.2, 0.25) is 0 Å². The van der Waals surface area contributed by atoms with Crippen LogP contribution in [-0.4, -0.2) is 12.8 Å². The second-order valence-electron chi connectivity index (χ2n) is 4.40. The van der Waals surface area contributed by atoms with Crippen LogP contribution in [0, 0.1) is 0 Å². The molecular formula is C15H17NO. The molecule has 0 unspecified atom stereocenters. The number of hydrogen-bond acceptors (Lipinski definition) is 2. The maximum atomic E-state index is 11.4. The molecule has 0 radical (unpaired) electrons. The number of carbonyl (C=O) groups excluding carboxylic acids is 1. The molecule has 0 saturated heterocycles. The number of fused-ring (bicyclic) bond motifs is 1. The summed E-state index contributed by atoms with van der Waals surface area (Å²) in [5, 5.41) is 5.49. The molecule has 1 atom stereocenters. The summed E-state index contributed by atoms with van der Waals surface area (Å²) in [5.41, 5.74) is 2.19. The van der Waals surface area contributed by atoms with Gasteiger partial charge in [0, 0.05) is 18.7 Å². The van der Waals surface area contributed by atoms with Crippen LogP contribution in [-0.2, 0) is 4.79 Å². The predicted molar refractivity (Wildman–Crippen MR) is 72.6 cm³/mol. The van der Waals surface area contributed by atoms with Crippen molar-refractivity contribution in [2.45, 2.75) is 19.8 Å². The lowest BCUT2D eigenvalue weighted by Gasteiger charge is -2.10. The normalized spacial score (nSPS) is 12.4. The minimum Gasteiger partial charge on any atom is -0.388 e. The Bertz CT molecular complexity index is 560.